The van der Waals surface area contributed by atoms with Gasteiger partial charge in [-0.25, -0.2) is 45.2 Å². The molecule has 0 N–H and O–H groups in total. The molecule has 0 bridgehead atoms. The number of aryl methyl sites for hydroxylation is 2. The van der Waals surface area contributed by atoms with E-state index >= 15 is 0 Å². The van der Waals surface area contributed by atoms with Crippen molar-refractivity contribution in [3.8, 4) is 61.9 Å². The molecule has 0 unspecified atom stereocenters. The van der Waals surface area contributed by atoms with Gasteiger partial charge in [0.1, 0.15) is 18.8 Å². The minimum absolute atomic E-state index is 0.480. The second-order valence-electron chi connectivity index (χ2n) is 25.8. The van der Waals surface area contributed by atoms with E-state index in [4.69, 9.17) is 23.5 Å². The van der Waals surface area contributed by atoms with E-state index in [0.717, 1.165) is 128 Å². The first kappa shape index (κ1) is 54.1. The smallest absolute Gasteiger partial charge is 0.390 e. The third-order valence-corrected chi connectivity index (χ3v) is 21.4. The number of benzene rings is 1. The number of oxazole rings is 1. The van der Waals surface area contributed by atoms with Gasteiger partial charge >= 0.3 is 22.7 Å². The standard InChI is InChI=1S/C20H14N5.2C15H12N5.C14H9N4O.C14H9N4S/c1-2-6-15(7-3-1)25-19-16-9-10-21-12-14(16)13-24(19)18-20(25)23-11-5-4-8-17(23)22-18;2*1-18-13-15(19-7-3-2-4-12(19)17-13)20-9-10-8-16-6-5-11(10)14(18)20;2*1-2-6-17-11(3-1)16-12-14(17)19-13-10-4-5-15-7-9(10)8-18(12)13/h1-12H,13H2;2*2-8H,9H2,1H3;2*1-7H,8H2/q5*+1/i;1D3;;;. The molecule has 0 saturated heterocycles. The molecule has 0 fully saturated rings. The van der Waals surface area contributed by atoms with E-state index in [1.807, 2.05) is 178 Å². The summed E-state index contributed by atoms with van der Waals surface area (Å²) in [5.74, 6) is 3.91. The van der Waals surface area contributed by atoms with Crippen LogP contribution in [0.4, 0.5) is 0 Å². The molecule has 24 nitrogen and oxygen atoms in total. The Hall–Kier alpha value is -13.8. The highest BCUT2D eigenvalue weighted by Crippen LogP contribution is 2.38. The van der Waals surface area contributed by atoms with Crippen LogP contribution in [-0.4, -0.2) is 85.5 Å². The molecule has 26 rings (SSSR count). The number of fused-ring (bicyclic) bond motifs is 35. The zero-order valence-electron chi connectivity index (χ0n) is 57.7. The first-order valence-electron chi connectivity index (χ1n) is 35.1. The third-order valence-electron chi connectivity index (χ3n) is 20.2. The molecule has 20 aromatic heterocycles. The van der Waals surface area contributed by atoms with Gasteiger partial charge in [-0.2, -0.15) is 14.5 Å². The fourth-order valence-electron chi connectivity index (χ4n) is 15.7. The molecule has 5 aliphatic heterocycles. The Labute approximate surface area is 590 Å². The van der Waals surface area contributed by atoms with E-state index in [-0.39, 0.29) is 0 Å². The number of hydrogen-bond acceptors (Lipinski definition) is 12. The van der Waals surface area contributed by atoms with Crippen LogP contribution in [0.15, 0.2) is 249 Å². The molecular formula is C78H56N23OS+5. The number of imidazole rings is 8. The largest absolute Gasteiger partial charge is 0.396 e. The molecule has 0 atom stereocenters. The Morgan fingerprint density at radius 1 is 0.388 bits per heavy atom. The van der Waals surface area contributed by atoms with Gasteiger partial charge < -0.3 is 4.42 Å². The lowest BCUT2D eigenvalue weighted by molar-refractivity contribution is -0.651. The van der Waals surface area contributed by atoms with Crippen LogP contribution < -0.4 is 22.8 Å². The SMILES string of the molecule is Cn1c2[n+](c3c1nc1ccccn13)Cc1cnccc1-2.[2H]C([2H])([2H])n1c2[n+](c3c1nc1ccccn13)Cc1cnccc1-2.c1ccc(-n2c3[n+](c4nc5ccccn5c42)Cc2cnccc2-3)cc1.c1ccn2c(c1)nc1c2oc2[n+]1Cc1cnccc1-2.c1ccn2c(c1)nc1c2sc2[n+]1Cc1cnccc1-2. The molecule has 0 spiro atoms. The van der Waals surface area contributed by atoms with Gasteiger partial charge in [0.25, 0.3) is 45.4 Å². The summed E-state index contributed by atoms with van der Waals surface area (Å²) in [6.45, 7) is 1.61. The van der Waals surface area contributed by atoms with Crippen molar-refractivity contribution in [1.29, 1.82) is 0 Å². The van der Waals surface area contributed by atoms with E-state index in [9.17, 15) is 0 Å². The Morgan fingerprint density at radius 2 is 0.825 bits per heavy atom. The monoisotopic (exact) mass is 1370 g/mol. The summed E-state index contributed by atoms with van der Waals surface area (Å²) >= 11 is 1.80. The molecule has 5 aliphatic rings. The predicted octanol–water partition coefficient (Wildman–Crippen LogP) is 10.1. The molecular weight excluding hydrogens is 1310 g/mol. The molecule has 0 saturated carbocycles. The van der Waals surface area contributed by atoms with Gasteiger partial charge in [0.05, 0.1) is 72.4 Å². The lowest BCUT2D eigenvalue weighted by Crippen LogP contribution is -2.32. The predicted molar refractivity (Wildman–Crippen MR) is 384 cm³/mol. The van der Waals surface area contributed by atoms with Crippen LogP contribution in [0.1, 0.15) is 31.9 Å². The zero-order chi connectivity index (χ0) is 70.2. The van der Waals surface area contributed by atoms with Crippen molar-refractivity contribution in [2.24, 2.45) is 14.0 Å². The molecule has 0 radical (unpaired) electrons. The minimum Gasteiger partial charge on any atom is -0.396 e. The quantitative estimate of drug-likeness (QED) is 0.142. The molecule has 25 heteroatoms. The van der Waals surface area contributed by atoms with Crippen molar-refractivity contribution in [2.75, 3.05) is 0 Å². The number of aromatic nitrogens is 23. The number of hydrogen-bond donors (Lipinski definition) is 0. The van der Waals surface area contributed by atoms with E-state index < -0.39 is 6.98 Å². The molecule has 25 heterocycles. The molecule has 1 aromatic carbocycles. The number of nitrogens with zero attached hydrogens (tertiary/aromatic N) is 23. The van der Waals surface area contributed by atoms with Gasteiger partial charge in [-0.1, -0.05) is 64.9 Å². The van der Waals surface area contributed by atoms with E-state index in [2.05, 4.69) is 144 Å². The van der Waals surface area contributed by atoms with Crippen molar-refractivity contribution in [3.05, 3.63) is 272 Å². The Kier molecular flexibility index (Phi) is 11.5. The van der Waals surface area contributed by atoms with Crippen LogP contribution in [0.25, 0.3) is 146 Å². The second-order valence-corrected chi connectivity index (χ2v) is 26.8. The molecule has 103 heavy (non-hydrogen) atoms. The lowest BCUT2D eigenvalue weighted by atomic mass is 10.1. The van der Waals surface area contributed by atoms with Gasteiger partial charge in [-0.15, -0.1) is 0 Å². The van der Waals surface area contributed by atoms with Gasteiger partial charge in [0.2, 0.25) is 28.0 Å². The number of pyridine rings is 10. The minimum atomic E-state index is -2.30. The maximum absolute atomic E-state index is 7.97. The van der Waals surface area contributed by atoms with Crippen molar-refractivity contribution in [3.63, 3.8) is 0 Å². The Bertz CT molecular complexity index is 7090. The Balaban J connectivity index is 0.0000000830. The van der Waals surface area contributed by atoms with Crippen LogP contribution in [-0.2, 0) is 46.7 Å². The highest BCUT2D eigenvalue weighted by Gasteiger charge is 2.40. The van der Waals surface area contributed by atoms with Gasteiger partial charge in [0, 0.05) is 126 Å². The van der Waals surface area contributed by atoms with Crippen LogP contribution in [0.3, 0.4) is 0 Å². The summed E-state index contributed by atoms with van der Waals surface area (Å²) in [5, 5.41) is 1.29. The Morgan fingerprint density at radius 3 is 1.44 bits per heavy atom. The molecule has 0 amide bonds. The van der Waals surface area contributed by atoms with Gasteiger partial charge in [-0.3, -0.25) is 33.7 Å². The fourth-order valence-corrected chi connectivity index (χ4v) is 16.9. The van der Waals surface area contributed by atoms with Crippen molar-refractivity contribution < 1.29 is 31.4 Å². The van der Waals surface area contributed by atoms with Crippen LogP contribution in [0.5, 0.6) is 0 Å². The number of thiazole rings is 1. The van der Waals surface area contributed by atoms with Crippen molar-refractivity contribution >= 4 is 95.3 Å². The van der Waals surface area contributed by atoms with Crippen molar-refractivity contribution in [1.82, 2.24) is 85.5 Å². The maximum atomic E-state index is 7.97. The van der Waals surface area contributed by atoms with Crippen LogP contribution in [0.2, 0.25) is 0 Å². The number of rotatable bonds is 1. The van der Waals surface area contributed by atoms with Crippen molar-refractivity contribution in [2.45, 2.75) is 32.7 Å². The summed E-state index contributed by atoms with van der Waals surface area (Å²) in [6, 6.07) is 50.5. The zero-order valence-corrected chi connectivity index (χ0v) is 55.5. The summed E-state index contributed by atoms with van der Waals surface area (Å²) in [5.41, 5.74) is 25.8. The topological polar surface area (TPSA) is 198 Å². The molecule has 0 aliphatic carbocycles. The molecule has 21 aromatic rings. The highest BCUT2D eigenvalue weighted by atomic mass is 32.1. The first-order valence-corrected chi connectivity index (χ1v) is 34.5. The summed E-state index contributed by atoms with van der Waals surface area (Å²) in [4.78, 5) is 45.8. The van der Waals surface area contributed by atoms with E-state index in [0.29, 0.717) is 18.0 Å². The second kappa shape index (κ2) is 21.8. The van der Waals surface area contributed by atoms with Gasteiger partial charge in [-0.05, 0) is 101 Å². The number of para-hydroxylation sites is 1. The average Bonchev–Trinajstić information content (AvgIpc) is 1.58. The highest BCUT2D eigenvalue weighted by molar-refractivity contribution is 7.20. The maximum Gasteiger partial charge on any atom is 0.390 e. The lowest BCUT2D eigenvalue weighted by Gasteiger charge is -2.04. The average molecular weight is 1370 g/mol. The summed E-state index contributed by atoms with van der Waals surface area (Å²) in [7, 11) is 2.08. The summed E-state index contributed by atoms with van der Waals surface area (Å²) in [6.07, 6.45) is 28.7. The van der Waals surface area contributed by atoms with Crippen LogP contribution >= 0.6 is 11.3 Å². The van der Waals surface area contributed by atoms with Gasteiger partial charge in [0.15, 0.2) is 16.3 Å². The third kappa shape index (κ3) is 8.35. The summed E-state index contributed by atoms with van der Waals surface area (Å²) < 4.78 is 57.2. The molecule has 490 valence electrons. The van der Waals surface area contributed by atoms with E-state index in [1.165, 1.54) is 65.0 Å². The fraction of sp³-hybridized carbons (Fsp3) is 0.0897. The van der Waals surface area contributed by atoms with Crippen LogP contribution in [0, 0.1) is 0 Å². The van der Waals surface area contributed by atoms with E-state index in [1.54, 1.807) is 29.9 Å². The first-order chi connectivity index (χ1) is 52.1. The normalized spacial score (nSPS) is 13.5.